The first-order valence-corrected chi connectivity index (χ1v) is 12.1. The highest BCUT2D eigenvalue weighted by atomic mass is 32.2. The summed E-state index contributed by atoms with van der Waals surface area (Å²) >= 11 is 7.16. The number of halogens is 3. The molecule has 1 atom stereocenters. The third kappa shape index (κ3) is 7.10. The van der Waals surface area contributed by atoms with Crippen LogP contribution in [0.1, 0.15) is 51.0 Å². The quantitative estimate of drug-likeness (QED) is 0.375. The standard InChI is InChI=1S/C23H28F3N3S2/c1-2-17-9-6-4-3-5-7-11-19(15-17)28-22-29(13-14-31-22)21(30)27-20-12-8-10-18(16-20)23(24,25)26/h4,6,8,10,12,15-17H,2-3,5,7,9,11,13-14H2,1H3,(H,27,30). The van der Waals surface area contributed by atoms with E-state index in [1.54, 1.807) is 17.8 Å². The summed E-state index contributed by atoms with van der Waals surface area (Å²) in [5.41, 5.74) is 0.710. The minimum absolute atomic E-state index is 0.326. The molecule has 0 bridgehead atoms. The normalized spacial score (nSPS) is 21.8. The Kier molecular flexibility index (Phi) is 8.60. The fourth-order valence-corrected chi connectivity index (χ4v) is 4.86. The Morgan fingerprint density at radius 3 is 2.90 bits per heavy atom. The smallest absolute Gasteiger partial charge is 0.332 e. The van der Waals surface area contributed by atoms with Crippen LogP contribution in [0.3, 0.4) is 0 Å². The van der Waals surface area contributed by atoms with Crippen molar-refractivity contribution in [3.05, 3.63) is 53.8 Å². The topological polar surface area (TPSA) is 27.6 Å². The average Bonchev–Trinajstić information content (AvgIpc) is 3.20. The molecule has 0 spiro atoms. The van der Waals surface area contributed by atoms with Crippen molar-refractivity contribution >= 4 is 39.9 Å². The second kappa shape index (κ2) is 11.2. The Hall–Kier alpha value is -1.80. The lowest BCUT2D eigenvalue weighted by atomic mass is 9.97. The molecule has 8 heteroatoms. The number of anilines is 1. The highest BCUT2D eigenvalue weighted by Gasteiger charge is 2.31. The van der Waals surface area contributed by atoms with Gasteiger partial charge in [0, 0.05) is 23.7 Å². The zero-order chi connectivity index (χ0) is 22.3. The molecule has 0 saturated carbocycles. The number of rotatable bonds is 3. The van der Waals surface area contributed by atoms with Gasteiger partial charge in [0.25, 0.3) is 0 Å². The van der Waals surface area contributed by atoms with Crippen LogP contribution in [0.25, 0.3) is 0 Å². The number of allylic oxidation sites excluding steroid dienone is 4. The predicted octanol–water partition coefficient (Wildman–Crippen LogP) is 7.24. The summed E-state index contributed by atoms with van der Waals surface area (Å²) in [5, 5.41) is 4.15. The molecule has 0 aromatic heterocycles. The Labute approximate surface area is 191 Å². The van der Waals surface area contributed by atoms with Gasteiger partial charge in [-0.05, 0) is 74.9 Å². The molecule has 1 aromatic carbocycles. The third-order valence-electron chi connectivity index (χ3n) is 5.31. The molecule has 2 aliphatic rings. The number of amidine groups is 1. The summed E-state index contributed by atoms with van der Waals surface area (Å²) in [7, 11) is 0. The number of hydrogen-bond donors (Lipinski definition) is 1. The molecule has 1 aliphatic carbocycles. The number of nitrogens with zero attached hydrogens (tertiary/aromatic N) is 2. The fourth-order valence-electron chi connectivity index (χ4n) is 3.53. The summed E-state index contributed by atoms with van der Waals surface area (Å²) in [4.78, 5) is 6.83. The van der Waals surface area contributed by atoms with Gasteiger partial charge in [-0.3, -0.25) is 4.90 Å². The number of alkyl halides is 3. The van der Waals surface area contributed by atoms with Crippen molar-refractivity contribution in [3.63, 3.8) is 0 Å². The first kappa shape index (κ1) is 23.9. The Balaban J connectivity index is 1.76. The second-order valence-corrected chi connectivity index (χ2v) is 9.13. The van der Waals surface area contributed by atoms with Crippen molar-refractivity contribution < 1.29 is 13.2 Å². The monoisotopic (exact) mass is 467 g/mol. The van der Waals surface area contributed by atoms with E-state index in [4.69, 9.17) is 17.2 Å². The van der Waals surface area contributed by atoms with Gasteiger partial charge < -0.3 is 5.32 Å². The van der Waals surface area contributed by atoms with Crippen molar-refractivity contribution in [1.82, 2.24) is 4.90 Å². The van der Waals surface area contributed by atoms with Crippen LogP contribution in [0.15, 0.2) is 53.2 Å². The Bertz CT molecular complexity index is 862. The van der Waals surface area contributed by atoms with E-state index in [2.05, 4.69) is 30.5 Å². The van der Waals surface area contributed by atoms with E-state index >= 15 is 0 Å². The van der Waals surface area contributed by atoms with E-state index in [0.29, 0.717) is 23.3 Å². The van der Waals surface area contributed by atoms with E-state index in [9.17, 15) is 13.2 Å². The molecule has 0 radical (unpaired) electrons. The molecule has 1 N–H and O–H groups in total. The van der Waals surface area contributed by atoms with Gasteiger partial charge in [-0.2, -0.15) is 13.2 Å². The van der Waals surface area contributed by atoms with Gasteiger partial charge in [0.1, 0.15) is 0 Å². The number of thiocarbonyl (C=S) groups is 1. The van der Waals surface area contributed by atoms with Gasteiger partial charge in [-0.1, -0.05) is 43.0 Å². The Morgan fingerprint density at radius 1 is 1.29 bits per heavy atom. The van der Waals surface area contributed by atoms with Gasteiger partial charge >= 0.3 is 6.18 Å². The van der Waals surface area contributed by atoms with Gasteiger partial charge in [0.05, 0.1) is 5.56 Å². The molecule has 1 saturated heterocycles. The summed E-state index contributed by atoms with van der Waals surface area (Å²) in [6.45, 7) is 2.87. The zero-order valence-electron chi connectivity index (χ0n) is 17.6. The minimum atomic E-state index is -4.39. The maximum Gasteiger partial charge on any atom is 0.416 e. The first-order valence-electron chi connectivity index (χ1n) is 10.7. The average molecular weight is 468 g/mol. The molecule has 1 unspecified atom stereocenters. The lowest BCUT2D eigenvalue weighted by Crippen LogP contribution is -2.35. The number of thioether (sulfide) groups is 1. The molecule has 3 nitrogen and oxygen atoms in total. The molecule has 168 valence electrons. The molecule has 1 fully saturated rings. The number of nitrogens with one attached hydrogen (secondary N) is 1. The zero-order valence-corrected chi connectivity index (χ0v) is 19.3. The maximum absolute atomic E-state index is 13.0. The van der Waals surface area contributed by atoms with Crippen molar-refractivity contribution in [3.8, 4) is 0 Å². The van der Waals surface area contributed by atoms with Gasteiger partial charge in [0.15, 0.2) is 10.3 Å². The molecular weight excluding hydrogens is 439 g/mol. The van der Waals surface area contributed by atoms with Crippen LogP contribution in [0, 0.1) is 5.92 Å². The largest absolute Gasteiger partial charge is 0.416 e. The van der Waals surface area contributed by atoms with E-state index in [0.717, 1.165) is 67.3 Å². The van der Waals surface area contributed by atoms with Crippen molar-refractivity contribution in [2.75, 3.05) is 17.6 Å². The highest BCUT2D eigenvalue weighted by Crippen LogP contribution is 2.31. The van der Waals surface area contributed by atoms with Crippen LogP contribution in [-0.4, -0.2) is 27.5 Å². The summed E-state index contributed by atoms with van der Waals surface area (Å²) in [5.74, 6) is 1.31. The van der Waals surface area contributed by atoms with Crippen LogP contribution < -0.4 is 5.32 Å². The third-order valence-corrected chi connectivity index (χ3v) is 6.59. The second-order valence-electron chi connectivity index (χ2n) is 7.68. The van der Waals surface area contributed by atoms with Crippen molar-refractivity contribution in [2.45, 2.75) is 51.6 Å². The van der Waals surface area contributed by atoms with Crippen LogP contribution in [0.4, 0.5) is 18.9 Å². The van der Waals surface area contributed by atoms with Crippen molar-refractivity contribution in [1.29, 1.82) is 0 Å². The lowest BCUT2D eigenvalue weighted by molar-refractivity contribution is -0.137. The van der Waals surface area contributed by atoms with E-state index in [1.807, 2.05) is 4.90 Å². The van der Waals surface area contributed by atoms with E-state index < -0.39 is 11.7 Å². The predicted molar refractivity (Wildman–Crippen MR) is 128 cm³/mol. The summed E-state index contributed by atoms with van der Waals surface area (Å²) in [6.07, 6.45) is 8.78. The van der Waals surface area contributed by atoms with Crippen LogP contribution in [0.2, 0.25) is 0 Å². The number of benzene rings is 1. The van der Waals surface area contributed by atoms with Gasteiger partial charge in [-0.15, -0.1) is 0 Å². The lowest BCUT2D eigenvalue weighted by Gasteiger charge is -2.21. The molecule has 1 aromatic rings. The van der Waals surface area contributed by atoms with Gasteiger partial charge in [0.2, 0.25) is 0 Å². The molecular formula is C23H28F3N3S2. The SMILES string of the molecule is CCC1C=C(N=C2SCCN2C(=S)Nc2cccc(C(F)(F)F)c2)CCCCC=CC1. The van der Waals surface area contributed by atoms with E-state index in [-0.39, 0.29) is 0 Å². The highest BCUT2D eigenvalue weighted by molar-refractivity contribution is 8.14. The molecule has 1 heterocycles. The molecule has 3 rings (SSSR count). The van der Waals surface area contributed by atoms with Crippen molar-refractivity contribution in [2.24, 2.45) is 10.9 Å². The van der Waals surface area contributed by atoms with Crippen LogP contribution in [0.5, 0.6) is 0 Å². The van der Waals surface area contributed by atoms with Crippen LogP contribution >= 0.6 is 24.0 Å². The maximum atomic E-state index is 13.0. The number of hydrogen-bond acceptors (Lipinski definition) is 3. The Morgan fingerprint density at radius 2 is 2.13 bits per heavy atom. The summed E-state index contributed by atoms with van der Waals surface area (Å²) in [6, 6.07) is 5.10. The van der Waals surface area contributed by atoms with E-state index in [1.165, 1.54) is 6.07 Å². The minimum Gasteiger partial charge on any atom is -0.332 e. The number of aliphatic imine (C=N–C) groups is 1. The molecule has 1 aliphatic heterocycles. The first-order chi connectivity index (χ1) is 14.9. The van der Waals surface area contributed by atoms with Gasteiger partial charge in [-0.25, -0.2) is 4.99 Å². The fraction of sp³-hybridized carbons (Fsp3) is 0.478. The molecule has 0 amide bonds. The molecule has 31 heavy (non-hydrogen) atoms. The summed E-state index contributed by atoms with van der Waals surface area (Å²) < 4.78 is 39.0. The van der Waals surface area contributed by atoms with Crippen LogP contribution in [-0.2, 0) is 6.18 Å².